The molecule has 0 unspecified atom stereocenters. The minimum Gasteiger partial charge on any atom is -0.490 e. The van der Waals surface area contributed by atoms with Gasteiger partial charge in [-0.2, -0.15) is 0 Å². The first-order valence-corrected chi connectivity index (χ1v) is 11.7. The van der Waals surface area contributed by atoms with Crippen LogP contribution < -0.4 is 9.47 Å². The molecule has 2 aromatic heterocycles. The normalized spacial score (nSPS) is 11.3. The number of aliphatic hydroxyl groups excluding tert-OH is 1. The van der Waals surface area contributed by atoms with Gasteiger partial charge in [0.25, 0.3) is 0 Å². The molecule has 0 aliphatic carbocycles. The van der Waals surface area contributed by atoms with Crippen molar-refractivity contribution in [3.05, 3.63) is 59.0 Å². The third-order valence-electron chi connectivity index (χ3n) is 5.62. The number of carbonyl (C=O) groups excluding carboxylic acids is 2. The third-order valence-corrected chi connectivity index (χ3v) is 5.62. The van der Waals surface area contributed by atoms with Crippen LogP contribution in [0.3, 0.4) is 0 Å². The average Bonchev–Trinajstić information content (AvgIpc) is 3.39. The smallest absolute Gasteiger partial charge is 0.374 e. The van der Waals surface area contributed by atoms with E-state index in [-0.39, 0.29) is 37.9 Å². The number of rotatable bonds is 10. The summed E-state index contributed by atoms with van der Waals surface area (Å²) in [6, 6.07) is 10.4. The number of fused-ring (bicyclic) bond motifs is 2. The van der Waals surface area contributed by atoms with Gasteiger partial charge in [-0.3, -0.25) is 0 Å². The van der Waals surface area contributed by atoms with Gasteiger partial charge in [0.05, 0.1) is 24.0 Å². The van der Waals surface area contributed by atoms with Gasteiger partial charge in [0.1, 0.15) is 42.0 Å². The lowest BCUT2D eigenvalue weighted by molar-refractivity contribution is 0.0482. The van der Waals surface area contributed by atoms with Crippen LogP contribution >= 0.6 is 0 Å². The van der Waals surface area contributed by atoms with Crippen LogP contribution in [0.4, 0.5) is 0 Å². The molecule has 0 radical (unpaired) electrons. The van der Waals surface area contributed by atoms with E-state index in [2.05, 4.69) is 0 Å². The number of benzene rings is 2. The minimum atomic E-state index is -0.969. The van der Waals surface area contributed by atoms with Crippen LogP contribution in [-0.2, 0) is 9.47 Å². The Hall–Kier alpha value is -3.98. The predicted molar refractivity (Wildman–Crippen MR) is 131 cm³/mol. The topological polar surface area (TPSA) is 118 Å². The Bertz CT molecular complexity index is 1290. The van der Waals surface area contributed by atoms with Crippen LogP contribution in [0, 0.1) is 13.8 Å². The molecule has 0 atom stereocenters. The van der Waals surface area contributed by atoms with Gasteiger partial charge >= 0.3 is 11.9 Å². The molecule has 36 heavy (non-hydrogen) atoms. The number of carbonyl (C=O) groups is 2. The second-order valence-corrected chi connectivity index (χ2v) is 8.09. The first-order chi connectivity index (χ1) is 17.3. The summed E-state index contributed by atoms with van der Waals surface area (Å²) in [6.45, 7) is 7.30. The molecular formula is C27H28O9. The summed E-state index contributed by atoms with van der Waals surface area (Å²) in [5.41, 5.74) is 2.17. The summed E-state index contributed by atoms with van der Waals surface area (Å²) in [5.74, 6) is 0.0985. The first kappa shape index (κ1) is 25.1. The lowest BCUT2D eigenvalue weighted by Crippen LogP contribution is -2.25. The monoisotopic (exact) mass is 496 g/mol. The molecule has 9 nitrogen and oxygen atoms in total. The van der Waals surface area contributed by atoms with Gasteiger partial charge < -0.3 is 32.9 Å². The van der Waals surface area contributed by atoms with E-state index < -0.39 is 18.0 Å². The van der Waals surface area contributed by atoms with Crippen LogP contribution in [0.5, 0.6) is 11.5 Å². The number of hydrogen-bond donors (Lipinski definition) is 1. The zero-order valence-electron chi connectivity index (χ0n) is 20.6. The van der Waals surface area contributed by atoms with Crippen LogP contribution in [0.2, 0.25) is 0 Å². The Morgan fingerprint density at radius 2 is 1.19 bits per heavy atom. The zero-order chi connectivity index (χ0) is 25.8. The second kappa shape index (κ2) is 10.7. The van der Waals surface area contributed by atoms with Gasteiger partial charge in [-0.1, -0.05) is 12.1 Å². The van der Waals surface area contributed by atoms with Gasteiger partial charge in [-0.05, 0) is 52.0 Å². The van der Waals surface area contributed by atoms with Crippen molar-refractivity contribution in [1.82, 2.24) is 0 Å². The van der Waals surface area contributed by atoms with Gasteiger partial charge in [0.15, 0.2) is 0 Å². The zero-order valence-corrected chi connectivity index (χ0v) is 20.6. The Kier molecular flexibility index (Phi) is 7.49. The Labute approximate surface area is 207 Å². The molecule has 190 valence electrons. The molecule has 2 heterocycles. The Morgan fingerprint density at radius 3 is 1.58 bits per heavy atom. The van der Waals surface area contributed by atoms with Crippen LogP contribution in [0.15, 0.2) is 45.2 Å². The highest BCUT2D eigenvalue weighted by Crippen LogP contribution is 2.35. The summed E-state index contributed by atoms with van der Waals surface area (Å²) < 4.78 is 33.2. The van der Waals surface area contributed by atoms with Crippen molar-refractivity contribution in [2.45, 2.75) is 33.8 Å². The first-order valence-electron chi connectivity index (χ1n) is 11.7. The number of aliphatic hydroxyl groups is 1. The van der Waals surface area contributed by atoms with Gasteiger partial charge in [0.2, 0.25) is 11.5 Å². The van der Waals surface area contributed by atoms with E-state index in [4.69, 9.17) is 27.8 Å². The number of ether oxygens (including phenoxy) is 4. The molecule has 0 fully saturated rings. The van der Waals surface area contributed by atoms with Crippen molar-refractivity contribution in [3.63, 3.8) is 0 Å². The lowest BCUT2D eigenvalue weighted by atomic mass is 10.1. The van der Waals surface area contributed by atoms with Gasteiger partial charge in [-0.15, -0.1) is 0 Å². The van der Waals surface area contributed by atoms with Crippen LogP contribution in [-0.4, -0.2) is 49.6 Å². The van der Waals surface area contributed by atoms with Crippen LogP contribution in [0.1, 0.15) is 46.1 Å². The highest BCUT2D eigenvalue weighted by atomic mass is 16.6. The molecule has 0 bridgehead atoms. The lowest BCUT2D eigenvalue weighted by Gasteiger charge is -2.15. The van der Waals surface area contributed by atoms with E-state index in [1.54, 1.807) is 64.1 Å². The largest absolute Gasteiger partial charge is 0.490 e. The van der Waals surface area contributed by atoms with Crippen LogP contribution in [0.25, 0.3) is 21.9 Å². The number of esters is 2. The van der Waals surface area contributed by atoms with Crippen molar-refractivity contribution >= 4 is 33.9 Å². The maximum absolute atomic E-state index is 12.2. The molecule has 0 aliphatic rings. The standard InChI is InChI=1S/C27H28O9/c1-5-31-26(29)24-15(3)22-18(9-7-11-20(22)35-24)33-13-17(28)14-34-19-10-8-12-21-23(19)16(4)25(36-21)27(30)32-6-2/h7-12,17,28H,5-6,13-14H2,1-4H3. The van der Waals surface area contributed by atoms with Crippen molar-refractivity contribution in [2.24, 2.45) is 0 Å². The predicted octanol–water partition coefficient (Wildman–Crippen LogP) is 4.97. The quantitative estimate of drug-likeness (QED) is 0.304. The minimum absolute atomic E-state index is 0.0626. The highest BCUT2D eigenvalue weighted by molar-refractivity contribution is 5.99. The Balaban J connectivity index is 1.46. The third kappa shape index (κ3) is 4.87. The second-order valence-electron chi connectivity index (χ2n) is 8.09. The molecule has 1 N–H and O–H groups in total. The molecule has 4 aromatic rings. The van der Waals surface area contributed by atoms with Crippen molar-refractivity contribution < 1.29 is 42.5 Å². The van der Waals surface area contributed by atoms with Crippen molar-refractivity contribution in [2.75, 3.05) is 26.4 Å². The number of hydrogen-bond acceptors (Lipinski definition) is 9. The van der Waals surface area contributed by atoms with Gasteiger partial charge in [-0.25, -0.2) is 9.59 Å². The van der Waals surface area contributed by atoms with Gasteiger partial charge in [0, 0.05) is 11.1 Å². The fraction of sp³-hybridized carbons (Fsp3) is 0.333. The molecule has 0 saturated carbocycles. The molecule has 0 spiro atoms. The fourth-order valence-corrected chi connectivity index (χ4v) is 3.97. The number of aryl methyl sites for hydroxylation is 2. The summed E-state index contributed by atoms with van der Waals surface area (Å²) >= 11 is 0. The summed E-state index contributed by atoms with van der Waals surface area (Å²) in [5, 5.41) is 11.8. The SMILES string of the molecule is CCOC(=O)c1oc2cccc(OCC(O)COc3cccc4oc(C(=O)OCC)c(C)c34)c2c1C. The molecule has 2 aromatic carbocycles. The maximum Gasteiger partial charge on any atom is 0.374 e. The molecule has 0 saturated heterocycles. The van der Waals surface area contributed by atoms with E-state index in [0.29, 0.717) is 44.6 Å². The number of furan rings is 2. The van der Waals surface area contributed by atoms with E-state index >= 15 is 0 Å². The van der Waals surface area contributed by atoms with E-state index in [9.17, 15) is 14.7 Å². The van der Waals surface area contributed by atoms with E-state index in [1.807, 2.05) is 0 Å². The molecule has 0 aliphatic heterocycles. The molecule has 0 amide bonds. The molecule has 4 rings (SSSR count). The van der Waals surface area contributed by atoms with E-state index in [0.717, 1.165) is 0 Å². The molecular weight excluding hydrogens is 468 g/mol. The van der Waals surface area contributed by atoms with Crippen molar-refractivity contribution in [3.8, 4) is 11.5 Å². The summed E-state index contributed by atoms with van der Waals surface area (Å²) in [7, 11) is 0. The molecule has 9 heteroatoms. The average molecular weight is 497 g/mol. The fourth-order valence-electron chi connectivity index (χ4n) is 3.97. The van der Waals surface area contributed by atoms with E-state index in [1.165, 1.54) is 0 Å². The summed E-state index contributed by atoms with van der Waals surface area (Å²) in [4.78, 5) is 24.4. The maximum atomic E-state index is 12.2. The van der Waals surface area contributed by atoms with Crippen molar-refractivity contribution in [1.29, 1.82) is 0 Å². The highest BCUT2D eigenvalue weighted by Gasteiger charge is 2.23. The Morgan fingerprint density at radius 1 is 0.778 bits per heavy atom. The summed E-state index contributed by atoms with van der Waals surface area (Å²) in [6.07, 6.45) is -0.969.